The number of anilines is 2. The molecule has 3 aromatic rings. The Labute approximate surface area is 177 Å². The maximum Gasteiger partial charge on any atom is 0.255 e. The Morgan fingerprint density at radius 2 is 1.81 bits per heavy atom. The van der Waals surface area contributed by atoms with Crippen LogP contribution in [0.3, 0.4) is 0 Å². The molecule has 2 aromatic carbocycles. The SMILES string of the molecule is COc1ccc(NC(=O)C(C)NC(=O)c2ccoc2)cc1NC(=O)c1cccc(F)c1. The smallest absolute Gasteiger partial charge is 0.255 e. The van der Waals surface area contributed by atoms with Gasteiger partial charge in [0.25, 0.3) is 11.8 Å². The van der Waals surface area contributed by atoms with E-state index in [2.05, 4.69) is 16.0 Å². The number of hydrogen-bond donors (Lipinski definition) is 3. The highest BCUT2D eigenvalue weighted by Gasteiger charge is 2.18. The van der Waals surface area contributed by atoms with E-state index in [1.165, 1.54) is 56.9 Å². The molecule has 8 nitrogen and oxygen atoms in total. The van der Waals surface area contributed by atoms with Gasteiger partial charge in [-0.1, -0.05) is 6.07 Å². The van der Waals surface area contributed by atoms with Crippen molar-refractivity contribution in [2.45, 2.75) is 13.0 Å². The maximum atomic E-state index is 13.4. The Bertz CT molecular complexity index is 1100. The minimum Gasteiger partial charge on any atom is -0.495 e. The lowest BCUT2D eigenvalue weighted by molar-refractivity contribution is -0.117. The highest BCUT2D eigenvalue weighted by molar-refractivity contribution is 6.06. The van der Waals surface area contributed by atoms with Crippen molar-refractivity contribution in [1.29, 1.82) is 0 Å². The summed E-state index contributed by atoms with van der Waals surface area (Å²) in [5, 5.41) is 7.86. The van der Waals surface area contributed by atoms with Gasteiger partial charge in [0.1, 0.15) is 23.9 Å². The molecule has 1 unspecified atom stereocenters. The van der Waals surface area contributed by atoms with Crippen LogP contribution in [0.1, 0.15) is 27.6 Å². The standard InChI is InChI=1S/C22H20FN3O5/c1-13(24-22(29)15-8-9-31-12-15)20(27)25-17-6-7-19(30-2)18(11-17)26-21(28)14-4-3-5-16(23)10-14/h3-13H,1-2H3,(H,24,29)(H,25,27)(H,26,28). The molecule has 3 N–H and O–H groups in total. The van der Waals surface area contributed by atoms with Crippen LogP contribution in [-0.2, 0) is 4.79 Å². The second-order valence-corrected chi connectivity index (χ2v) is 6.58. The number of ether oxygens (including phenoxy) is 1. The van der Waals surface area contributed by atoms with Gasteiger partial charge in [-0.05, 0) is 49.4 Å². The lowest BCUT2D eigenvalue weighted by Crippen LogP contribution is -2.41. The van der Waals surface area contributed by atoms with Crippen LogP contribution < -0.4 is 20.7 Å². The van der Waals surface area contributed by atoms with Crippen LogP contribution in [-0.4, -0.2) is 30.9 Å². The average Bonchev–Trinajstić information content (AvgIpc) is 3.29. The molecule has 0 saturated carbocycles. The first-order chi connectivity index (χ1) is 14.9. The number of hydrogen-bond acceptors (Lipinski definition) is 5. The summed E-state index contributed by atoms with van der Waals surface area (Å²) in [7, 11) is 1.43. The van der Waals surface area contributed by atoms with Crippen LogP contribution in [0.15, 0.2) is 65.5 Å². The van der Waals surface area contributed by atoms with Crippen molar-refractivity contribution in [3.05, 3.63) is 78.0 Å². The fourth-order valence-electron chi connectivity index (χ4n) is 2.70. The molecule has 1 aromatic heterocycles. The van der Waals surface area contributed by atoms with E-state index in [1.807, 2.05) is 0 Å². The molecule has 0 spiro atoms. The summed E-state index contributed by atoms with van der Waals surface area (Å²) < 4.78 is 23.5. The van der Waals surface area contributed by atoms with Gasteiger partial charge < -0.3 is 25.1 Å². The molecule has 1 heterocycles. The number of carbonyl (C=O) groups excluding carboxylic acids is 3. The van der Waals surface area contributed by atoms with Gasteiger partial charge in [-0.25, -0.2) is 4.39 Å². The zero-order chi connectivity index (χ0) is 22.4. The lowest BCUT2D eigenvalue weighted by atomic mass is 10.2. The number of halogens is 1. The second-order valence-electron chi connectivity index (χ2n) is 6.58. The van der Waals surface area contributed by atoms with E-state index in [0.29, 0.717) is 17.0 Å². The molecular formula is C22H20FN3O5. The molecule has 160 valence electrons. The van der Waals surface area contributed by atoms with Crippen LogP contribution in [0.5, 0.6) is 5.75 Å². The molecule has 0 aliphatic carbocycles. The van der Waals surface area contributed by atoms with Crippen molar-refractivity contribution in [1.82, 2.24) is 5.32 Å². The van der Waals surface area contributed by atoms with E-state index in [9.17, 15) is 18.8 Å². The molecule has 1 atom stereocenters. The summed E-state index contributed by atoms with van der Waals surface area (Å²) in [5.41, 5.74) is 1.08. The number of carbonyl (C=O) groups is 3. The summed E-state index contributed by atoms with van der Waals surface area (Å²) in [6.07, 6.45) is 2.63. The van der Waals surface area contributed by atoms with Gasteiger partial charge in [0.2, 0.25) is 5.91 Å². The van der Waals surface area contributed by atoms with Crippen LogP contribution in [0.25, 0.3) is 0 Å². The van der Waals surface area contributed by atoms with Crippen LogP contribution in [0, 0.1) is 5.82 Å². The number of benzene rings is 2. The number of amides is 3. The molecule has 0 fully saturated rings. The van der Waals surface area contributed by atoms with Crippen LogP contribution in [0.2, 0.25) is 0 Å². The van der Waals surface area contributed by atoms with E-state index in [4.69, 9.17) is 9.15 Å². The van der Waals surface area contributed by atoms with E-state index in [-0.39, 0.29) is 11.3 Å². The quantitative estimate of drug-likeness (QED) is 0.537. The Balaban J connectivity index is 1.70. The second kappa shape index (κ2) is 9.57. The van der Waals surface area contributed by atoms with Gasteiger partial charge in [0.15, 0.2) is 0 Å². The molecule has 0 radical (unpaired) electrons. The van der Waals surface area contributed by atoms with E-state index < -0.39 is 29.6 Å². The molecule has 0 bridgehead atoms. The van der Waals surface area contributed by atoms with Gasteiger partial charge in [0, 0.05) is 11.3 Å². The van der Waals surface area contributed by atoms with Crippen LogP contribution in [0.4, 0.5) is 15.8 Å². The zero-order valence-corrected chi connectivity index (χ0v) is 16.8. The number of methoxy groups -OCH3 is 1. The largest absolute Gasteiger partial charge is 0.495 e. The third-order valence-electron chi connectivity index (χ3n) is 4.33. The predicted molar refractivity (Wildman–Crippen MR) is 112 cm³/mol. The molecule has 3 amide bonds. The summed E-state index contributed by atoms with van der Waals surface area (Å²) in [5.74, 6) is -1.64. The lowest BCUT2D eigenvalue weighted by Gasteiger charge is -2.16. The van der Waals surface area contributed by atoms with E-state index >= 15 is 0 Å². The van der Waals surface area contributed by atoms with Crippen molar-refractivity contribution in [3.8, 4) is 5.75 Å². The molecule has 0 saturated heterocycles. The molecule has 3 rings (SSSR count). The summed E-state index contributed by atoms with van der Waals surface area (Å²) >= 11 is 0. The summed E-state index contributed by atoms with van der Waals surface area (Å²) in [6, 6.07) is 10.5. The van der Waals surface area contributed by atoms with Gasteiger partial charge >= 0.3 is 0 Å². The van der Waals surface area contributed by atoms with E-state index in [1.54, 1.807) is 12.1 Å². The summed E-state index contributed by atoms with van der Waals surface area (Å²) in [6.45, 7) is 1.53. The fourth-order valence-corrected chi connectivity index (χ4v) is 2.70. The first-order valence-electron chi connectivity index (χ1n) is 9.26. The minimum absolute atomic E-state index is 0.132. The topological polar surface area (TPSA) is 110 Å². The number of furan rings is 1. The predicted octanol–water partition coefficient (Wildman–Crippen LogP) is 3.44. The molecule has 9 heteroatoms. The Hall–Kier alpha value is -4.14. The minimum atomic E-state index is -0.838. The highest BCUT2D eigenvalue weighted by Crippen LogP contribution is 2.28. The van der Waals surface area contributed by atoms with Gasteiger partial charge in [0.05, 0.1) is 24.6 Å². The van der Waals surface area contributed by atoms with Crippen molar-refractivity contribution < 1.29 is 27.9 Å². The van der Waals surface area contributed by atoms with Crippen LogP contribution >= 0.6 is 0 Å². The van der Waals surface area contributed by atoms with Crippen molar-refractivity contribution in [2.75, 3.05) is 17.7 Å². The first kappa shape index (κ1) is 21.6. The highest BCUT2D eigenvalue weighted by atomic mass is 19.1. The monoisotopic (exact) mass is 425 g/mol. The van der Waals surface area contributed by atoms with Crippen molar-refractivity contribution in [2.24, 2.45) is 0 Å². The average molecular weight is 425 g/mol. The molecule has 0 aliphatic rings. The van der Waals surface area contributed by atoms with Gasteiger partial charge in [-0.15, -0.1) is 0 Å². The Morgan fingerprint density at radius 3 is 2.48 bits per heavy atom. The number of rotatable bonds is 7. The maximum absolute atomic E-state index is 13.4. The molecule has 31 heavy (non-hydrogen) atoms. The number of nitrogens with one attached hydrogen (secondary N) is 3. The van der Waals surface area contributed by atoms with Gasteiger partial charge in [-0.3, -0.25) is 14.4 Å². The summed E-state index contributed by atoms with van der Waals surface area (Å²) in [4.78, 5) is 36.9. The third kappa shape index (κ3) is 5.47. The normalized spacial score (nSPS) is 11.3. The van der Waals surface area contributed by atoms with Crippen molar-refractivity contribution in [3.63, 3.8) is 0 Å². The first-order valence-corrected chi connectivity index (χ1v) is 9.26. The van der Waals surface area contributed by atoms with Crippen molar-refractivity contribution >= 4 is 29.1 Å². The van der Waals surface area contributed by atoms with E-state index in [0.717, 1.165) is 6.07 Å². The Morgan fingerprint density at radius 1 is 1.00 bits per heavy atom. The third-order valence-corrected chi connectivity index (χ3v) is 4.33. The molecular weight excluding hydrogens is 405 g/mol. The fraction of sp³-hybridized carbons (Fsp3) is 0.136. The zero-order valence-electron chi connectivity index (χ0n) is 16.8. The Kier molecular flexibility index (Phi) is 6.66. The van der Waals surface area contributed by atoms with Gasteiger partial charge in [-0.2, -0.15) is 0 Å². The molecule has 0 aliphatic heterocycles.